The molecule has 0 aromatic rings. The zero-order chi connectivity index (χ0) is 9.61. The summed E-state index contributed by atoms with van der Waals surface area (Å²) in [5, 5.41) is -1.05. The Bertz CT molecular complexity index is 237. The predicted octanol–water partition coefficient (Wildman–Crippen LogP) is 1.45. The fraction of sp³-hybridized carbons (Fsp3) is 0.833. The number of hydrogen-bond acceptors (Lipinski definition) is 3. The summed E-state index contributed by atoms with van der Waals surface area (Å²) in [7, 11) is -3.48. The van der Waals surface area contributed by atoms with Crippen LogP contribution in [0.2, 0.25) is 0 Å². The molecular formula is C6H12ClNO3S. The largest absolute Gasteiger partial charge is 0.327 e. The Morgan fingerprint density at radius 1 is 1.42 bits per heavy atom. The molecule has 0 heterocycles. The average molecular weight is 214 g/mol. The molecule has 0 radical (unpaired) electrons. The fourth-order valence-corrected chi connectivity index (χ4v) is 2.00. The lowest BCUT2D eigenvalue weighted by Crippen LogP contribution is -2.28. The molecule has 0 unspecified atom stereocenters. The van der Waals surface area contributed by atoms with Gasteiger partial charge in [0.1, 0.15) is 0 Å². The summed E-state index contributed by atoms with van der Waals surface area (Å²) < 4.78 is 23.5. The van der Waals surface area contributed by atoms with Crippen molar-refractivity contribution in [3.8, 4) is 0 Å². The van der Waals surface area contributed by atoms with Crippen molar-refractivity contribution in [1.29, 1.82) is 0 Å². The van der Waals surface area contributed by atoms with Crippen LogP contribution in [0.25, 0.3) is 0 Å². The molecule has 6 heteroatoms. The van der Waals surface area contributed by atoms with E-state index in [4.69, 9.17) is 11.6 Å². The van der Waals surface area contributed by atoms with Crippen LogP contribution in [0.3, 0.4) is 0 Å². The predicted molar refractivity (Wildman–Crippen MR) is 47.7 cm³/mol. The highest BCUT2D eigenvalue weighted by Gasteiger charge is 2.11. The van der Waals surface area contributed by atoms with Crippen molar-refractivity contribution in [3.05, 3.63) is 0 Å². The standard InChI is InChI=1S/C6H12ClNO3S/c1-2-3-4-5-12(10,11)8-6(7)9/h2-5H2,1H3,(H,8,9). The Morgan fingerprint density at radius 2 is 2.00 bits per heavy atom. The van der Waals surface area contributed by atoms with Crippen LogP contribution in [0.1, 0.15) is 26.2 Å². The lowest BCUT2D eigenvalue weighted by molar-refractivity contribution is 0.264. The first-order valence-corrected chi connectivity index (χ1v) is 5.71. The summed E-state index contributed by atoms with van der Waals surface area (Å²) in [6.45, 7) is 1.97. The highest BCUT2D eigenvalue weighted by atomic mass is 35.5. The number of carbonyl (C=O) groups is 1. The van der Waals surface area contributed by atoms with Crippen LogP contribution >= 0.6 is 11.6 Å². The molecule has 0 atom stereocenters. The smallest absolute Gasteiger partial charge is 0.255 e. The van der Waals surface area contributed by atoms with Gasteiger partial charge in [-0.05, 0) is 18.0 Å². The number of rotatable bonds is 5. The lowest BCUT2D eigenvalue weighted by atomic mass is 10.3. The quantitative estimate of drug-likeness (QED) is 0.427. The molecule has 0 aliphatic heterocycles. The molecule has 0 rings (SSSR count). The molecule has 72 valence electrons. The van der Waals surface area contributed by atoms with Crippen molar-refractivity contribution in [1.82, 2.24) is 4.72 Å². The van der Waals surface area contributed by atoms with Crippen LogP contribution < -0.4 is 4.72 Å². The Labute approximate surface area is 77.3 Å². The van der Waals surface area contributed by atoms with E-state index < -0.39 is 15.4 Å². The second-order valence-corrected chi connectivity index (χ2v) is 4.59. The van der Waals surface area contributed by atoms with E-state index in [1.165, 1.54) is 0 Å². The monoisotopic (exact) mass is 213 g/mol. The first-order valence-electron chi connectivity index (χ1n) is 3.68. The number of halogens is 1. The highest BCUT2D eigenvalue weighted by molar-refractivity contribution is 7.90. The molecule has 0 aliphatic rings. The molecule has 0 fully saturated rings. The third kappa shape index (κ3) is 6.42. The number of carbonyl (C=O) groups excluding carboxylic acids is 1. The van der Waals surface area contributed by atoms with Crippen molar-refractivity contribution in [2.75, 3.05) is 5.75 Å². The van der Waals surface area contributed by atoms with Gasteiger partial charge >= 0.3 is 5.37 Å². The highest BCUT2D eigenvalue weighted by Crippen LogP contribution is 1.98. The third-order valence-electron chi connectivity index (χ3n) is 1.25. The molecule has 0 saturated heterocycles. The molecule has 0 aromatic carbocycles. The van der Waals surface area contributed by atoms with Gasteiger partial charge in [-0.15, -0.1) is 0 Å². The van der Waals surface area contributed by atoms with Crippen LogP contribution in [0.5, 0.6) is 0 Å². The Balaban J connectivity index is 3.81. The van der Waals surface area contributed by atoms with Gasteiger partial charge in [0, 0.05) is 0 Å². The van der Waals surface area contributed by atoms with Gasteiger partial charge in [-0.25, -0.2) is 13.1 Å². The van der Waals surface area contributed by atoms with E-state index in [9.17, 15) is 13.2 Å². The summed E-state index contributed by atoms with van der Waals surface area (Å²) in [6.07, 6.45) is 2.32. The number of sulfonamides is 1. The lowest BCUT2D eigenvalue weighted by Gasteiger charge is -2.01. The topological polar surface area (TPSA) is 63.2 Å². The minimum absolute atomic E-state index is 0.0424. The Hall–Kier alpha value is -0.290. The first kappa shape index (κ1) is 11.7. The van der Waals surface area contributed by atoms with E-state index in [-0.39, 0.29) is 5.75 Å². The van der Waals surface area contributed by atoms with Gasteiger partial charge < -0.3 is 0 Å². The summed E-state index contributed by atoms with van der Waals surface area (Å²) in [5.41, 5.74) is 0. The maximum Gasteiger partial charge on any atom is 0.327 e. The molecule has 1 amide bonds. The van der Waals surface area contributed by atoms with Gasteiger partial charge in [-0.2, -0.15) is 0 Å². The molecule has 0 saturated carbocycles. The molecule has 0 aromatic heterocycles. The average Bonchev–Trinajstić information content (AvgIpc) is 1.84. The molecule has 0 bridgehead atoms. The molecule has 4 nitrogen and oxygen atoms in total. The van der Waals surface area contributed by atoms with Gasteiger partial charge in [0.15, 0.2) is 0 Å². The maximum atomic E-state index is 10.9. The third-order valence-corrected chi connectivity index (χ3v) is 2.78. The zero-order valence-electron chi connectivity index (χ0n) is 6.84. The van der Waals surface area contributed by atoms with E-state index in [0.29, 0.717) is 6.42 Å². The van der Waals surface area contributed by atoms with E-state index in [0.717, 1.165) is 12.8 Å². The van der Waals surface area contributed by atoms with E-state index >= 15 is 0 Å². The Morgan fingerprint density at radius 3 is 2.42 bits per heavy atom. The minimum Gasteiger partial charge on any atom is -0.255 e. The summed E-state index contributed by atoms with van der Waals surface area (Å²) >= 11 is 4.85. The molecular weight excluding hydrogens is 202 g/mol. The van der Waals surface area contributed by atoms with E-state index in [2.05, 4.69) is 0 Å². The summed E-state index contributed by atoms with van der Waals surface area (Å²) in [4.78, 5) is 10.2. The number of amides is 1. The van der Waals surface area contributed by atoms with Crippen molar-refractivity contribution in [2.45, 2.75) is 26.2 Å². The van der Waals surface area contributed by atoms with Gasteiger partial charge in [0.2, 0.25) is 10.0 Å². The van der Waals surface area contributed by atoms with Gasteiger partial charge in [0.25, 0.3) is 0 Å². The SMILES string of the molecule is CCCCCS(=O)(=O)NC(=O)Cl. The summed E-state index contributed by atoms with van der Waals surface area (Å²) in [5.74, 6) is -0.0424. The van der Waals surface area contributed by atoms with Crippen LogP contribution in [-0.2, 0) is 10.0 Å². The van der Waals surface area contributed by atoms with Gasteiger partial charge in [-0.3, -0.25) is 4.79 Å². The van der Waals surface area contributed by atoms with Crippen molar-refractivity contribution < 1.29 is 13.2 Å². The van der Waals surface area contributed by atoms with E-state index in [1.807, 2.05) is 6.92 Å². The van der Waals surface area contributed by atoms with Gasteiger partial charge in [0.05, 0.1) is 5.75 Å². The summed E-state index contributed by atoms with van der Waals surface area (Å²) in [6, 6.07) is 0. The van der Waals surface area contributed by atoms with Crippen molar-refractivity contribution in [3.63, 3.8) is 0 Å². The Kier molecular flexibility index (Phi) is 5.24. The maximum absolute atomic E-state index is 10.9. The van der Waals surface area contributed by atoms with Crippen LogP contribution in [0.15, 0.2) is 0 Å². The molecule has 1 N–H and O–H groups in total. The van der Waals surface area contributed by atoms with E-state index in [1.54, 1.807) is 4.72 Å². The second kappa shape index (κ2) is 5.37. The molecule has 0 spiro atoms. The minimum atomic E-state index is -3.48. The normalized spacial score (nSPS) is 11.2. The van der Waals surface area contributed by atoms with Crippen LogP contribution in [-0.4, -0.2) is 19.5 Å². The molecule has 0 aliphatic carbocycles. The van der Waals surface area contributed by atoms with Crippen molar-refractivity contribution in [2.24, 2.45) is 0 Å². The second-order valence-electron chi connectivity index (χ2n) is 2.40. The number of unbranched alkanes of at least 4 members (excludes halogenated alkanes) is 2. The van der Waals surface area contributed by atoms with Gasteiger partial charge in [-0.1, -0.05) is 19.8 Å². The first-order chi connectivity index (χ1) is 5.48. The number of nitrogens with one attached hydrogen (secondary N) is 1. The number of hydrogen-bond donors (Lipinski definition) is 1. The van der Waals surface area contributed by atoms with Crippen LogP contribution in [0, 0.1) is 0 Å². The van der Waals surface area contributed by atoms with Crippen LogP contribution in [0.4, 0.5) is 4.79 Å². The zero-order valence-corrected chi connectivity index (χ0v) is 8.41. The molecule has 12 heavy (non-hydrogen) atoms. The van der Waals surface area contributed by atoms with Crippen molar-refractivity contribution >= 4 is 27.0 Å². The fourth-order valence-electron chi connectivity index (χ4n) is 0.715.